The summed E-state index contributed by atoms with van der Waals surface area (Å²) in [6.45, 7) is 1.80. The normalized spacial score (nSPS) is 29.2. The van der Waals surface area contributed by atoms with Gasteiger partial charge in [0.2, 0.25) is 0 Å². The van der Waals surface area contributed by atoms with Crippen LogP contribution >= 0.6 is 0 Å². The van der Waals surface area contributed by atoms with E-state index < -0.39 is 0 Å². The van der Waals surface area contributed by atoms with Crippen molar-refractivity contribution in [2.24, 2.45) is 11.7 Å². The van der Waals surface area contributed by atoms with E-state index in [0.29, 0.717) is 12.0 Å². The molecule has 2 atom stereocenters. The van der Waals surface area contributed by atoms with E-state index in [4.69, 9.17) is 12.2 Å². The Morgan fingerprint density at radius 3 is 2.83 bits per heavy atom. The van der Waals surface area contributed by atoms with Crippen molar-refractivity contribution in [1.82, 2.24) is 4.90 Å². The van der Waals surface area contributed by atoms with Crippen molar-refractivity contribution in [2.45, 2.75) is 25.3 Å². The van der Waals surface area contributed by atoms with Gasteiger partial charge in [0.1, 0.15) is 0 Å². The Labute approximate surface area is 75.1 Å². The fraction of sp³-hybridized carbons (Fsp3) is 0.800. The maximum absolute atomic E-state index is 5.95. The molecule has 12 heavy (non-hydrogen) atoms. The maximum atomic E-state index is 5.95. The third-order valence-electron chi connectivity index (χ3n) is 2.63. The molecule has 2 N–H and O–H groups in total. The summed E-state index contributed by atoms with van der Waals surface area (Å²) in [6, 6.07) is 0.408. The summed E-state index contributed by atoms with van der Waals surface area (Å²) in [6.07, 6.45) is 8.97. The van der Waals surface area contributed by atoms with Gasteiger partial charge in [-0.2, -0.15) is 0 Å². The highest BCUT2D eigenvalue weighted by Gasteiger charge is 2.24. The second-order valence-electron chi connectivity index (χ2n) is 3.76. The molecule has 0 aromatic heterocycles. The molecule has 2 nitrogen and oxygen atoms in total. The third kappa shape index (κ3) is 2.51. The molecule has 1 saturated carbocycles. The molecule has 1 aliphatic carbocycles. The minimum Gasteiger partial charge on any atom is -0.327 e. The quantitative estimate of drug-likeness (QED) is 0.625. The number of hydrogen-bond acceptors (Lipinski definition) is 2. The van der Waals surface area contributed by atoms with Gasteiger partial charge in [-0.25, -0.2) is 0 Å². The van der Waals surface area contributed by atoms with Crippen molar-refractivity contribution in [3.05, 3.63) is 0 Å². The first kappa shape index (κ1) is 9.57. The van der Waals surface area contributed by atoms with Crippen molar-refractivity contribution in [1.29, 1.82) is 0 Å². The SMILES string of the molecule is C#CCN(C)CC1CCCC1N. The molecule has 0 radical (unpaired) electrons. The highest BCUT2D eigenvalue weighted by atomic mass is 15.1. The molecule has 0 amide bonds. The van der Waals surface area contributed by atoms with E-state index in [2.05, 4.69) is 17.9 Å². The molecule has 2 unspecified atom stereocenters. The molecule has 1 aliphatic rings. The largest absolute Gasteiger partial charge is 0.327 e. The smallest absolute Gasteiger partial charge is 0.0596 e. The van der Waals surface area contributed by atoms with Gasteiger partial charge in [0.15, 0.2) is 0 Å². The topological polar surface area (TPSA) is 29.3 Å². The van der Waals surface area contributed by atoms with Gasteiger partial charge in [-0.15, -0.1) is 6.42 Å². The Bertz CT molecular complexity index is 171. The van der Waals surface area contributed by atoms with E-state index >= 15 is 0 Å². The highest BCUT2D eigenvalue weighted by Crippen LogP contribution is 2.24. The molecular formula is C10H18N2. The number of rotatable bonds is 3. The maximum Gasteiger partial charge on any atom is 0.0596 e. The van der Waals surface area contributed by atoms with Crippen LogP contribution in [0.1, 0.15) is 19.3 Å². The molecule has 0 aromatic rings. The minimum absolute atomic E-state index is 0.408. The van der Waals surface area contributed by atoms with Crippen LogP contribution in [0.25, 0.3) is 0 Å². The summed E-state index contributed by atoms with van der Waals surface area (Å²) < 4.78 is 0. The lowest BCUT2D eigenvalue weighted by atomic mass is 10.0. The van der Waals surface area contributed by atoms with Crippen molar-refractivity contribution in [3.63, 3.8) is 0 Å². The standard InChI is InChI=1S/C10H18N2/c1-3-7-12(2)8-9-5-4-6-10(9)11/h1,9-10H,4-8,11H2,2H3. The second-order valence-corrected chi connectivity index (χ2v) is 3.76. The predicted molar refractivity (Wildman–Crippen MR) is 51.6 cm³/mol. The Balaban J connectivity index is 2.26. The van der Waals surface area contributed by atoms with Crippen LogP contribution in [0.3, 0.4) is 0 Å². The molecule has 1 rings (SSSR count). The van der Waals surface area contributed by atoms with Gasteiger partial charge in [-0.3, -0.25) is 4.90 Å². The van der Waals surface area contributed by atoms with E-state index in [0.717, 1.165) is 13.1 Å². The van der Waals surface area contributed by atoms with Crippen LogP contribution < -0.4 is 5.73 Å². The van der Waals surface area contributed by atoms with Crippen molar-refractivity contribution in [2.75, 3.05) is 20.1 Å². The van der Waals surface area contributed by atoms with Crippen LogP contribution in [0.5, 0.6) is 0 Å². The highest BCUT2D eigenvalue weighted by molar-refractivity contribution is 4.89. The van der Waals surface area contributed by atoms with Gasteiger partial charge in [0, 0.05) is 12.6 Å². The Morgan fingerprint density at radius 1 is 1.58 bits per heavy atom. The second kappa shape index (κ2) is 4.49. The van der Waals surface area contributed by atoms with Crippen molar-refractivity contribution in [3.8, 4) is 12.3 Å². The van der Waals surface area contributed by atoms with Gasteiger partial charge in [-0.1, -0.05) is 12.3 Å². The van der Waals surface area contributed by atoms with Gasteiger partial charge in [0.25, 0.3) is 0 Å². The molecule has 2 heteroatoms. The van der Waals surface area contributed by atoms with E-state index in [1.54, 1.807) is 0 Å². The average Bonchev–Trinajstić information content (AvgIpc) is 2.37. The summed E-state index contributed by atoms with van der Waals surface area (Å²) in [5.74, 6) is 3.31. The fourth-order valence-electron chi connectivity index (χ4n) is 1.91. The van der Waals surface area contributed by atoms with E-state index in [-0.39, 0.29) is 0 Å². The summed E-state index contributed by atoms with van der Waals surface area (Å²) in [4.78, 5) is 2.18. The van der Waals surface area contributed by atoms with Gasteiger partial charge >= 0.3 is 0 Å². The average molecular weight is 166 g/mol. The molecular weight excluding hydrogens is 148 g/mol. The zero-order valence-electron chi connectivity index (χ0n) is 7.79. The summed E-state index contributed by atoms with van der Waals surface area (Å²) >= 11 is 0. The lowest BCUT2D eigenvalue weighted by Crippen LogP contribution is -2.34. The lowest BCUT2D eigenvalue weighted by molar-refractivity contribution is 0.291. The molecule has 0 bridgehead atoms. The van der Waals surface area contributed by atoms with Crippen LogP contribution in [0.15, 0.2) is 0 Å². The molecule has 0 heterocycles. The summed E-state index contributed by atoms with van der Waals surface area (Å²) in [5, 5.41) is 0. The van der Waals surface area contributed by atoms with Gasteiger partial charge in [-0.05, 0) is 25.8 Å². The monoisotopic (exact) mass is 166 g/mol. The Kier molecular flexibility index (Phi) is 3.58. The van der Waals surface area contributed by atoms with E-state index in [1.807, 2.05) is 0 Å². The first-order valence-corrected chi connectivity index (χ1v) is 4.61. The van der Waals surface area contributed by atoms with Crippen LogP contribution in [0.2, 0.25) is 0 Å². The first-order valence-electron chi connectivity index (χ1n) is 4.61. The van der Waals surface area contributed by atoms with Crippen molar-refractivity contribution >= 4 is 0 Å². The number of nitrogens with two attached hydrogens (primary N) is 1. The zero-order chi connectivity index (χ0) is 8.97. The number of hydrogen-bond donors (Lipinski definition) is 1. The van der Waals surface area contributed by atoms with Crippen molar-refractivity contribution < 1.29 is 0 Å². The zero-order valence-corrected chi connectivity index (χ0v) is 7.79. The molecule has 0 aliphatic heterocycles. The van der Waals surface area contributed by atoms with Gasteiger partial charge < -0.3 is 5.73 Å². The summed E-state index contributed by atoms with van der Waals surface area (Å²) in [5.41, 5.74) is 5.95. The first-order chi connectivity index (χ1) is 5.74. The summed E-state index contributed by atoms with van der Waals surface area (Å²) in [7, 11) is 2.06. The third-order valence-corrected chi connectivity index (χ3v) is 2.63. The molecule has 0 spiro atoms. The van der Waals surface area contributed by atoms with Gasteiger partial charge in [0.05, 0.1) is 6.54 Å². The Hall–Kier alpha value is -0.520. The van der Waals surface area contributed by atoms with Crippen LogP contribution in [0.4, 0.5) is 0 Å². The van der Waals surface area contributed by atoms with Crippen LogP contribution in [0, 0.1) is 18.3 Å². The Morgan fingerprint density at radius 2 is 2.33 bits per heavy atom. The number of nitrogens with zero attached hydrogens (tertiary/aromatic N) is 1. The molecule has 1 fully saturated rings. The lowest BCUT2D eigenvalue weighted by Gasteiger charge is -2.21. The molecule has 0 aromatic carbocycles. The van der Waals surface area contributed by atoms with E-state index in [1.165, 1.54) is 19.3 Å². The number of terminal acetylenes is 1. The fourth-order valence-corrected chi connectivity index (χ4v) is 1.91. The van der Waals surface area contributed by atoms with Crippen LogP contribution in [-0.2, 0) is 0 Å². The minimum atomic E-state index is 0.408. The molecule has 0 saturated heterocycles. The van der Waals surface area contributed by atoms with Crippen LogP contribution in [-0.4, -0.2) is 31.1 Å². The van der Waals surface area contributed by atoms with E-state index in [9.17, 15) is 0 Å². The predicted octanol–water partition coefficient (Wildman–Crippen LogP) is 0.679. The molecule has 68 valence electrons.